The first kappa shape index (κ1) is 13.7. The average molecular weight is 265 g/mol. The molecule has 0 saturated carbocycles. The van der Waals surface area contributed by atoms with Crippen molar-refractivity contribution in [1.29, 1.82) is 0 Å². The molecule has 1 atom stereocenters. The molecule has 0 bridgehead atoms. The maximum absolute atomic E-state index is 12.2. The lowest BCUT2D eigenvalue weighted by Crippen LogP contribution is -2.46. The molecule has 1 amide bonds. The lowest BCUT2D eigenvalue weighted by Gasteiger charge is -2.29. The molecule has 2 rings (SSSR count). The van der Waals surface area contributed by atoms with Crippen LogP contribution in [0, 0.1) is 6.92 Å². The van der Waals surface area contributed by atoms with E-state index in [1.807, 2.05) is 0 Å². The highest BCUT2D eigenvalue weighted by atomic mass is 16.5. The van der Waals surface area contributed by atoms with Crippen LogP contribution in [0.4, 0.5) is 0 Å². The minimum atomic E-state index is -0.571. The summed E-state index contributed by atoms with van der Waals surface area (Å²) in [5, 5.41) is 9.61. The Hall–Kier alpha value is -1.75. The molecule has 0 spiro atoms. The molecule has 1 aliphatic heterocycles. The highest BCUT2D eigenvalue weighted by Gasteiger charge is 2.24. The summed E-state index contributed by atoms with van der Waals surface area (Å²) in [6, 6.07) is 5.04. The molecule has 1 unspecified atom stereocenters. The molecule has 5 nitrogen and oxygen atoms in total. The third-order valence-corrected chi connectivity index (χ3v) is 3.23. The fourth-order valence-corrected chi connectivity index (χ4v) is 2.01. The summed E-state index contributed by atoms with van der Waals surface area (Å²) in [7, 11) is 0. The van der Waals surface area contributed by atoms with Gasteiger partial charge < -0.3 is 19.5 Å². The zero-order valence-electron chi connectivity index (χ0n) is 11.3. The second kappa shape index (κ2) is 5.93. The maximum atomic E-state index is 12.2. The number of carbonyl (C=O) groups is 1. The van der Waals surface area contributed by atoms with Crippen LogP contribution in [0.3, 0.4) is 0 Å². The van der Waals surface area contributed by atoms with Crippen LogP contribution < -0.4 is 4.74 Å². The topological polar surface area (TPSA) is 59.0 Å². The van der Waals surface area contributed by atoms with Gasteiger partial charge in [-0.05, 0) is 26.0 Å². The van der Waals surface area contributed by atoms with Crippen molar-refractivity contribution in [2.24, 2.45) is 0 Å². The van der Waals surface area contributed by atoms with Gasteiger partial charge in [-0.3, -0.25) is 4.79 Å². The summed E-state index contributed by atoms with van der Waals surface area (Å²) in [6.45, 7) is 5.84. The number of aromatic hydroxyl groups is 1. The standard InChI is InChI=1S/C14H19NO4/c1-10-12(16)4-3-5-13(10)19-11(2)14(17)15-6-8-18-9-7-15/h3-5,11,16H,6-9H2,1-2H3. The smallest absolute Gasteiger partial charge is 0.263 e. The number of hydrogen-bond donors (Lipinski definition) is 1. The molecule has 19 heavy (non-hydrogen) atoms. The number of phenolic OH excluding ortho intramolecular Hbond substituents is 1. The van der Waals surface area contributed by atoms with Crippen LogP contribution in [0.1, 0.15) is 12.5 Å². The van der Waals surface area contributed by atoms with Crippen LogP contribution >= 0.6 is 0 Å². The molecule has 0 radical (unpaired) electrons. The Kier molecular flexibility index (Phi) is 4.27. The Labute approximate surface area is 112 Å². The van der Waals surface area contributed by atoms with E-state index in [0.717, 1.165) is 0 Å². The second-order valence-electron chi connectivity index (χ2n) is 4.60. The summed E-state index contributed by atoms with van der Waals surface area (Å²) in [5.74, 6) is 0.656. The normalized spacial score (nSPS) is 17.1. The summed E-state index contributed by atoms with van der Waals surface area (Å²) in [6.07, 6.45) is -0.571. The van der Waals surface area contributed by atoms with Gasteiger partial charge in [0.15, 0.2) is 6.10 Å². The van der Waals surface area contributed by atoms with Gasteiger partial charge in [-0.25, -0.2) is 0 Å². The monoisotopic (exact) mass is 265 g/mol. The zero-order chi connectivity index (χ0) is 13.8. The summed E-state index contributed by atoms with van der Waals surface area (Å²) in [4.78, 5) is 13.9. The SMILES string of the molecule is Cc1c(O)cccc1OC(C)C(=O)N1CCOCC1. The predicted molar refractivity (Wildman–Crippen MR) is 70.3 cm³/mol. The van der Waals surface area contributed by atoms with E-state index < -0.39 is 6.10 Å². The number of nitrogens with zero attached hydrogens (tertiary/aromatic N) is 1. The Morgan fingerprint density at radius 3 is 2.79 bits per heavy atom. The van der Waals surface area contributed by atoms with Crippen molar-refractivity contribution in [2.75, 3.05) is 26.3 Å². The third-order valence-electron chi connectivity index (χ3n) is 3.23. The van der Waals surface area contributed by atoms with Crippen molar-refractivity contribution in [1.82, 2.24) is 4.90 Å². The first-order valence-corrected chi connectivity index (χ1v) is 6.41. The molecule has 1 fully saturated rings. The number of hydrogen-bond acceptors (Lipinski definition) is 4. The summed E-state index contributed by atoms with van der Waals surface area (Å²) < 4.78 is 10.9. The molecule has 0 aliphatic carbocycles. The lowest BCUT2D eigenvalue weighted by atomic mass is 10.2. The van der Waals surface area contributed by atoms with Crippen molar-refractivity contribution in [3.05, 3.63) is 23.8 Å². The zero-order valence-corrected chi connectivity index (χ0v) is 11.3. The van der Waals surface area contributed by atoms with Gasteiger partial charge in [0.05, 0.1) is 13.2 Å². The van der Waals surface area contributed by atoms with E-state index in [0.29, 0.717) is 37.6 Å². The number of carbonyl (C=O) groups excluding carboxylic acids is 1. The largest absolute Gasteiger partial charge is 0.508 e. The van der Waals surface area contributed by atoms with E-state index in [-0.39, 0.29) is 11.7 Å². The van der Waals surface area contributed by atoms with E-state index in [1.165, 1.54) is 0 Å². The lowest BCUT2D eigenvalue weighted by molar-refractivity contribution is -0.142. The molecule has 1 N–H and O–H groups in total. The fourth-order valence-electron chi connectivity index (χ4n) is 2.01. The van der Waals surface area contributed by atoms with Crippen LogP contribution in [0.5, 0.6) is 11.5 Å². The van der Waals surface area contributed by atoms with Gasteiger partial charge >= 0.3 is 0 Å². The third kappa shape index (κ3) is 3.17. The number of amides is 1. The van der Waals surface area contributed by atoms with Crippen LogP contribution in [-0.2, 0) is 9.53 Å². The number of morpholine rings is 1. The summed E-state index contributed by atoms with van der Waals surface area (Å²) in [5.41, 5.74) is 0.643. The van der Waals surface area contributed by atoms with Crippen molar-refractivity contribution in [3.8, 4) is 11.5 Å². The minimum Gasteiger partial charge on any atom is -0.508 e. The molecule has 0 aromatic heterocycles. The van der Waals surface area contributed by atoms with E-state index in [4.69, 9.17) is 9.47 Å². The molecule has 1 aliphatic rings. The molecule has 1 aromatic rings. The minimum absolute atomic E-state index is 0.0500. The van der Waals surface area contributed by atoms with Gasteiger partial charge in [-0.2, -0.15) is 0 Å². The summed E-state index contributed by atoms with van der Waals surface area (Å²) >= 11 is 0. The number of phenols is 1. The molecule has 1 saturated heterocycles. The Bertz CT molecular complexity index is 455. The quantitative estimate of drug-likeness (QED) is 0.895. The van der Waals surface area contributed by atoms with Crippen LogP contribution in [0.25, 0.3) is 0 Å². The number of ether oxygens (including phenoxy) is 2. The Morgan fingerprint density at radius 2 is 2.11 bits per heavy atom. The average Bonchev–Trinajstić information content (AvgIpc) is 2.44. The maximum Gasteiger partial charge on any atom is 0.263 e. The highest BCUT2D eigenvalue weighted by Crippen LogP contribution is 2.27. The number of benzene rings is 1. The van der Waals surface area contributed by atoms with Crippen LogP contribution in [0.15, 0.2) is 18.2 Å². The van der Waals surface area contributed by atoms with E-state index in [9.17, 15) is 9.90 Å². The Morgan fingerprint density at radius 1 is 1.42 bits per heavy atom. The first-order valence-electron chi connectivity index (χ1n) is 6.41. The first-order chi connectivity index (χ1) is 9.09. The molecular weight excluding hydrogens is 246 g/mol. The van der Waals surface area contributed by atoms with Gasteiger partial charge in [-0.15, -0.1) is 0 Å². The van der Waals surface area contributed by atoms with Crippen molar-refractivity contribution in [2.45, 2.75) is 20.0 Å². The van der Waals surface area contributed by atoms with Crippen LogP contribution in [-0.4, -0.2) is 48.3 Å². The van der Waals surface area contributed by atoms with E-state index in [1.54, 1.807) is 36.9 Å². The highest BCUT2D eigenvalue weighted by molar-refractivity contribution is 5.81. The number of rotatable bonds is 3. The van der Waals surface area contributed by atoms with E-state index >= 15 is 0 Å². The van der Waals surface area contributed by atoms with Gasteiger partial charge in [-0.1, -0.05) is 6.07 Å². The molecule has 5 heteroatoms. The predicted octanol–water partition coefficient (Wildman–Crippen LogP) is 1.33. The van der Waals surface area contributed by atoms with Gasteiger partial charge in [0.2, 0.25) is 0 Å². The Balaban J connectivity index is 2.01. The fraction of sp³-hybridized carbons (Fsp3) is 0.500. The van der Waals surface area contributed by atoms with Crippen molar-refractivity contribution < 1.29 is 19.4 Å². The van der Waals surface area contributed by atoms with Gasteiger partial charge in [0.1, 0.15) is 11.5 Å². The van der Waals surface area contributed by atoms with Crippen molar-refractivity contribution in [3.63, 3.8) is 0 Å². The van der Waals surface area contributed by atoms with Crippen molar-refractivity contribution >= 4 is 5.91 Å². The molecule has 104 valence electrons. The van der Waals surface area contributed by atoms with Gasteiger partial charge in [0.25, 0.3) is 5.91 Å². The molecule has 1 heterocycles. The second-order valence-corrected chi connectivity index (χ2v) is 4.60. The molecule has 1 aromatic carbocycles. The molecular formula is C14H19NO4. The van der Waals surface area contributed by atoms with Gasteiger partial charge in [0, 0.05) is 18.7 Å². The van der Waals surface area contributed by atoms with Crippen LogP contribution in [0.2, 0.25) is 0 Å². The van der Waals surface area contributed by atoms with E-state index in [2.05, 4.69) is 0 Å².